The first kappa shape index (κ1) is 15.3. The van der Waals surface area contributed by atoms with E-state index < -0.39 is 0 Å². The van der Waals surface area contributed by atoms with Crippen LogP contribution in [0.25, 0.3) is 11.1 Å². The van der Waals surface area contributed by atoms with Gasteiger partial charge in [0.2, 0.25) is 0 Å². The van der Waals surface area contributed by atoms with Crippen molar-refractivity contribution < 1.29 is 4.74 Å². The molecular weight excluding hydrogens is 310 g/mol. The highest BCUT2D eigenvalue weighted by Gasteiger charge is 2.25. The zero-order valence-corrected chi connectivity index (χ0v) is 14.1. The highest BCUT2D eigenvalue weighted by Crippen LogP contribution is 2.36. The molecule has 4 rings (SSSR count). The smallest absolute Gasteiger partial charge is 0.118 e. The van der Waals surface area contributed by atoms with Crippen LogP contribution in [0.1, 0.15) is 22.4 Å². The first-order chi connectivity index (χ1) is 12.3. The van der Waals surface area contributed by atoms with Crippen LogP contribution in [0.15, 0.2) is 71.0 Å². The molecular formula is C21H17N3O. The number of rotatable bonds is 3. The highest BCUT2D eigenvalue weighted by atomic mass is 16.5. The zero-order chi connectivity index (χ0) is 17.2. The molecule has 0 fully saturated rings. The highest BCUT2D eigenvalue weighted by molar-refractivity contribution is 6.24. The molecule has 0 aliphatic heterocycles. The van der Waals surface area contributed by atoms with Crippen molar-refractivity contribution >= 4 is 11.9 Å². The van der Waals surface area contributed by atoms with Gasteiger partial charge < -0.3 is 4.74 Å². The quantitative estimate of drug-likeness (QED) is 0.417. The van der Waals surface area contributed by atoms with Gasteiger partial charge in [0.25, 0.3) is 0 Å². The van der Waals surface area contributed by atoms with Gasteiger partial charge in [0.05, 0.1) is 13.3 Å². The molecule has 122 valence electrons. The van der Waals surface area contributed by atoms with E-state index in [4.69, 9.17) is 4.74 Å². The standard InChI is InChI=1S/C21H17N3O/c1-14-11-19-17-5-3-4-6-18(17)21(20(19)13-22-14)24-23-12-15-7-9-16(25-2)10-8-15/h3-13H,1-2H3. The Balaban J connectivity index is 1.72. The third-order valence-electron chi connectivity index (χ3n) is 4.25. The largest absolute Gasteiger partial charge is 0.497 e. The van der Waals surface area contributed by atoms with E-state index in [0.29, 0.717) is 0 Å². The number of pyridine rings is 1. The van der Waals surface area contributed by atoms with Gasteiger partial charge in [0.1, 0.15) is 11.5 Å². The van der Waals surface area contributed by atoms with Crippen molar-refractivity contribution in [3.63, 3.8) is 0 Å². The second kappa shape index (κ2) is 6.32. The van der Waals surface area contributed by atoms with Crippen molar-refractivity contribution in [1.82, 2.24) is 4.98 Å². The van der Waals surface area contributed by atoms with E-state index in [9.17, 15) is 0 Å². The molecule has 0 radical (unpaired) electrons. The van der Waals surface area contributed by atoms with Crippen molar-refractivity contribution in [2.75, 3.05) is 7.11 Å². The lowest BCUT2D eigenvalue weighted by Crippen LogP contribution is -1.98. The number of hydrogen-bond acceptors (Lipinski definition) is 4. The van der Waals surface area contributed by atoms with Gasteiger partial charge in [-0.25, -0.2) is 0 Å². The van der Waals surface area contributed by atoms with E-state index in [1.807, 2.05) is 49.5 Å². The van der Waals surface area contributed by atoms with Crippen LogP contribution >= 0.6 is 0 Å². The van der Waals surface area contributed by atoms with Gasteiger partial charge in [-0.05, 0) is 53.9 Å². The first-order valence-corrected chi connectivity index (χ1v) is 8.08. The summed E-state index contributed by atoms with van der Waals surface area (Å²) in [6.45, 7) is 2.00. The minimum absolute atomic E-state index is 0.823. The Hall–Kier alpha value is -3.27. The zero-order valence-electron chi connectivity index (χ0n) is 14.1. The summed E-state index contributed by atoms with van der Waals surface area (Å²) >= 11 is 0. The van der Waals surface area contributed by atoms with E-state index in [0.717, 1.165) is 33.8 Å². The summed E-state index contributed by atoms with van der Waals surface area (Å²) < 4.78 is 5.16. The van der Waals surface area contributed by atoms with Crippen molar-refractivity contribution in [2.24, 2.45) is 10.2 Å². The molecule has 3 aromatic rings. The molecule has 1 aliphatic carbocycles. The average molecular weight is 327 g/mol. The average Bonchev–Trinajstić information content (AvgIpc) is 2.96. The fourth-order valence-corrected chi connectivity index (χ4v) is 2.99. The summed E-state index contributed by atoms with van der Waals surface area (Å²) in [7, 11) is 1.65. The van der Waals surface area contributed by atoms with Gasteiger partial charge in [0.15, 0.2) is 0 Å². The molecule has 1 aliphatic rings. The topological polar surface area (TPSA) is 46.8 Å². The third-order valence-corrected chi connectivity index (χ3v) is 4.25. The molecule has 0 atom stereocenters. The molecule has 0 N–H and O–H groups in total. The molecule has 2 aromatic carbocycles. The van der Waals surface area contributed by atoms with Gasteiger partial charge >= 0.3 is 0 Å². The van der Waals surface area contributed by atoms with E-state index in [1.54, 1.807) is 13.3 Å². The number of nitrogens with zero attached hydrogens (tertiary/aromatic N) is 3. The summed E-state index contributed by atoms with van der Waals surface area (Å²) in [5, 5.41) is 8.78. The maximum Gasteiger partial charge on any atom is 0.118 e. The van der Waals surface area contributed by atoms with E-state index >= 15 is 0 Å². The lowest BCUT2D eigenvalue weighted by atomic mass is 10.1. The van der Waals surface area contributed by atoms with Gasteiger partial charge in [0, 0.05) is 23.0 Å². The fourth-order valence-electron chi connectivity index (χ4n) is 2.99. The molecule has 4 heteroatoms. The third kappa shape index (κ3) is 2.83. The minimum Gasteiger partial charge on any atom is -0.497 e. The molecule has 0 bridgehead atoms. The van der Waals surface area contributed by atoms with Crippen LogP contribution in [-0.2, 0) is 0 Å². The molecule has 25 heavy (non-hydrogen) atoms. The second-order valence-corrected chi connectivity index (χ2v) is 5.88. The summed E-state index contributed by atoms with van der Waals surface area (Å²) in [5.74, 6) is 0.823. The molecule has 1 heterocycles. The Morgan fingerprint density at radius 3 is 2.44 bits per heavy atom. The van der Waals surface area contributed by atoms with Crippen LogP contribution < -0.4 is 4.74 Å². The Morgan fingerprint density at radius 2 is 1.68 bits per heavy atom. The maximum atomic E-state index is 5.16. The van der Waals surface area contributed by atoms with Crippen LogP contribution in [0.3, 0.4) is 0 Å². The molecule has 0 amide bonds. The predicted molar refractivity (Wildman–Crippen MR) is 101 cm³/mol. The minimum atomic E-state index is 0.823. The maximum absolute atomic E-state index is 5.16. The van der Waals surface area contributed by atoms with Crippen LogP contribution in [0.5, 0.6) is 5.75 Å². The second-order valence-electron chi connectivity index (χ2n) is 5.88. The summed E-state index contributed by atoms with van der Waals surface area (Å²) in [6, 6.07) is 18.1. The number of methoxy groups -OCH3 is 1. The number of hydrogen-bond donors (Lipinski definition) is 0. The van der Waals surface area contributed by atoms with Crippen molar-refractivity contribution in [3.8, 4) is 16.9 Å². The normalized spacial score (nSPS) is 13.9. The van der Waals surface area contributed by atoms with E-state index in [2.05, 4.69) is 33.4 Å². The monoisotopic (exact) mass is 327 g/mol. The Labute approximate surface area is 146 Å². The molecule has 0 saturated carbocycles. The summed E-state index contributed by atoms with van der Waals surface area (Å²) in [5.41, 5.74) is 7.30. The van der Waals surface area contributed by atoms with Gasteiger partial charge in [-0.3, -0.25) is 4.98 Å². The Kier molecular flexibility index (Phi) is 3.86. The van der Waals surface area contributed by atoms with Gasteiger partial charge in [-0.1, -0.05) is 24.3 Å². The molecule has 0 saturated heterocycles. The predicted octanol–water partition coefficient (Wildman–Crippen LogP) is 4.25. The van der Waals surface area contributed by atoms with E-state index in [1.165, 1.54) is 11.1 Å². The van der Waals surface area contributed by atoms with Crippen molar-refractivity contribution in [3.05, 3.63) is 83.2 Å². The molecule has 0 spiro atoms. The Bertz CT molecular complexity index is 988. The summed E-state index contributed by atoms with van der Waals surface area (Å²) in [6.07, 6.45) is 3.63. The van der Waals surface area contributed by atoms with Crippen LogP contribution in [-0.4, -0.2) is 24.0 Å². The Morgan fingerprint density at radius 1 is 0.920 bits per heavy atom. The molecule has 4 nitrogen and oxygen atoms in total. The SMILES string of the molecule is COc1ccc(C=NN=C2c3ccccc3-c3cc(C)ncc32)cc1. The number of ether oxygens (including phenoxy) is 1. The molecule has 0 unspecified atom stereocenters. The van der Waals surface area contributed by atoms with Gasteiger partial charge in [-0.2, -0.15) is 5.10 Å². The fraction of sp³-hybridized carbons (Fsp3) is 0.0952. The number of aryl methyl sites for hydroxylation is 1. The lowest BCUT2D eigenvalue weighted by molar-refractivity contribution is 0.415. The number of fused-ring (bicyclic) bond motifs is 3. The van der Waals surface area contributed by atoms with Crippen LogP contribution in [0.2, 0.25) is 0 Å². The lowest BCUT2D eigenvalue weighted by Gasteiger charge is -2.00. The van der Waals surface area contributed by atoms with Crippen LogP contribution in [0.4, 0.5) is 0 Å². The summed E-state index contributed by atoms with van der Waals surface area (Å²) in [4.78, 5) is 4.42. The number of benzene rings is 2. The molecule has 1 aromatic heterocycles. The van der Waals surface area contributed by atoms with Crippen LogP contribution in [0, 0.1) is 6.92 Å². The number of aromatic nitrogens is 1. The van der Waals surface area contributed by atoms with Crippen molar-refractivity contribution in [1.29, 1.82) is 0 Å². The van der Waals surface area contributed by atoms with Crippen molar-refractivity contribution in [2.45, 2.75) is 6.92 Å². The van der Waals surface area contributed by atoms with E-state index in [-0.39, 0.29) is 0 Å². The van der Waals surface area contributed by atoms with Gasteiger partial charge in [-0.15, -0.1) is 5.10 Å². The first-order valence-electron chi connectivity index (χ1n) is 8.08.